The van der Waals surface area contributed by atoms with Gasteiger partial charge in [-0.25, -0.2) is 9.78 Å². The Hall–Kier alpha value is -1.50. The largest absolute Gasteiger partial charge is 0.336 e. The van der Waals surface area contributed by atoms with Gasteiger partial charge in [0, 0.05) is 31.5 Å². The van der Waals surface area contributed by atoms with Crippen molar-refractivity contribution < 1.29 is 9.59 Å². The zero-order chi connectivity index (χ0) is 12.5. The minimum atomic E-state index is -0.286. The molecule has 96 valence electrons. The van der Waals surface area contributed by atoms with E-state index in [1.54, 1.807) is 6.20 Å². The van der Waals surface area contributed by atoms with Crippen LogP contribution in [0.3, 0.4) is 0 Å². The first-order valence-electron chi connectivity index (χ1n) is 5.99. The number of nitrogens with one attached hydrogen (secondary N) is 1. The van der Waals surface area contributed by atoms with Gasteiger partial charge in [-0.3, -0.25) is 9.69 Å². The van der Waals surface area contributed by atoms with E-state index in [4.69, 9.17) is 0 Å². The summed E-state index contributed by atoms with van der Waals surface area (Å²) in [6.45, 7) is 1.02. The molecule has 3 amide bonds. The topological polar surface area (TPSA) is 67.2 Å². The van der Waals surface area contributed by atoms with Crippen LogP contribution in [0, 0.1) is 0 Å². The fourth-order valence-corrected chi connectivity index (χ4v) is 2.86. The van der Waals surface area contributed by atoms with E-state index in [1.807, 2.05) is 6.20 Å². The summed E-state index contributed by atoms with van der Waals surface area (Å²) in [5.74, 6) is 0.109. The first kappa shape index (κ1) is 11.6. The summed E-state index contributed by atoms with van der Waals surface area (Å²) in [5.41, 5.74) is 0. The summed E-state index contributed by atoms with van der Waals surface area (Å²) in [4.78, 5) is 28.7. The van der Waals surface area contributed by atoms with E-state index >= 15 is 0 Å². The third-order valence-corrected chi connectivity index (χ3v) is 4.02. The van der Waals surface area contributed by atoms with E-state index in [1.165, 1.54) is 29.5 Å². The molecule has 0 aromatic carbocycles. The van der Waals surface area contributed by atoms with Gasteiger partial charge < -0.3 is 9.88 Å². The summed E-state index contributed by atoms with van der Waals surface area (Å²) in [5, 5.41) is 3.49. The lowest BCUT2D eigenvalue weighted by molar-refractivity contribution is -0.124. The molecule has 1 saturated carbocycles. The van der Waals surface area contributed by atoms with Gasteiger partial charge in [0.25, 0.3) is 0 Å². The van der Waals surface area contributed by atoms with Gasteiger partial charge >= 0.3 is 6.03 Å². The van der Waals surface area contributed by atoms with Crippen molar-refractivity contribution in [2.45, 2.75) is 24.0 Å². The highest BCUT2D eigenvalue weighted by Crippen LogP contribution is 2.37. The first-order valence-corrected chi connectivity index (χ1v) is 6.98. The Balaban J connectivity index is 1.58. The predicted molar refractivity (Wildman–Crippen MR) is 66.3 cm³/mol. The molecule has 1 saturated heterocycles. The van der Waals surface area contributed by atoms with Crippen molar-refractivity contribution >= 4 is 23.7 Å². The molecule has 1 aliphatic carbocycles. The molecule has 6 nitrogen and oxygen atoms in total. The highest BCUT2D eigenvalue weighted by molar-refractivity contribution is 7.99. The molecular formula is C11H14N4O2S. The lowest BCUT2D eigenvalue weighted by atomic mass is 10.5. The molecule has 0 spiro atoms. The Morgan fingerprint density at radius 2 is 2.39 bits per heavy atom. The van der Waals surface area contributed by atoms with E-state index < -0.39 is 0 Å². The van der Waals surface area contributed by atoms with Crippen LogP contribution in [0.15, 0.2) is 17.6 Å². The smallest absolute Gasteiger partial charge is 0.324 e. The highest BCUT2D eigenvalue weighted by atomic mass is 32.2. The van der Waals surface area contributed by atoms with Gasteiger partial charge in [-0.05, 0) is 12.8 Å². The number of imide groups is 1. The second-order valence-corrected chi connectivity index (χ2v) is 5.36. The maximum atomic E-state index is 11.9. The second-order valence-electron chi connectivity index (χ2n) is 4.41. The van der Waals surface area contributed by atoms with Crippen molar-refractivity contribution in [1.29, 1.82) is 0 Å². The molecule has 0 unspecified atom stereocenters. The Morgan fingerprint density at radius 3 is 3.06 bits per heavy atom. The molecule has 7 heteroatoms. The van der Waals surface area contributed by atoms with Crippen molar-refractivity contribution in [3.8, 4) is 0 Å². The molecule has 2 fully saturated rings. The van der Waals surface area contributed by atoms with Gasteiger partial charge in [-0.1, -0.05) is 11.8 Å². The van der Waals surface area contributed by atoms with Gasteiger partial charge in [0.2, 0.25) is 5.91 Å². The molecule has 2 heterocycles. The summed E-state index contributed by atoms with van der Waals surface area (Å²) in [6.07, 6.45) is 6.08. The van der Waals surface area contributed by atoms with Gasteiger partial charge in [-0.2, -0.15) is 0 Å². The van der Waals surface area contributed by atoms with E-state index in [9.17, 15) is 9.59 Å². The molecule has 0 radical (unpaired) electrons. The monoisotopic (exact) mass is 266 g/mol. The minimum Gasteiger partial charge on any atom is -0.336 e. The Morgan fingerprint density at radius 1 is 1.56 bits per heavy atom. The van der Waals surface area contributed by atoms with Crippen molar-refractivity contribution in [1.82, 2.24) is 19.8 Å². The zero-order valence-electron chi connectivity index (χ0n) is 9.83. The lowest BCUT2D eigenvalue weighted by Crippen LogP contribution is -2.35. The third-order valence-electron chi connectivity index (χ3n) is 3.06. The molecule has 18 heavy (non-hydrogen) atoms. The zero-order valence-corrected chi connectivity index (χ0v) is 10.7. The number of imidazole rings is 1. The number of hydrogen-bond donors (Lipinski definition) is 1. The number of nitrogens with zero attached hydrogens (tertiary/aromatic N) is 3. The van der Waals surface area contributed by atoms with Crippen LogP contribution in [0.5, 0.6) is 0 Å². The SMILES string of the molecule is O=C(CSc1nccn1C1CC1)N1CCNC1=O. The average molecular weight is 266 g/mol. The van der Waals surface area contributed by atoms with Gasteiger partial charge in [0.15, 0.2) is 5.16 Å². The molecule has 1 aromatic rings. The maximum absolute atomic E-state index is 11.9. The van der Waals surface area contributed by atoms with E-state index in [0.29, 0.717) is 19.1 Å². The maximum Gasteiger partial charge on any atom is 0.324 e. The van der Waals surface area contributed by atoms with Gasteiger partial charge in [0.1, 0.15) is 0 Å². The number of carbonyl (C=O) groups is 2. The number of aromatic nitrogens is 2. The number of thioether (sulfide) groups is 1. The molecule has 1 N–H and O–H groups in total. The summed E-state index contributed by atoms with van der Waals surface area (Å²) >= 11 is 1.40. The van der Waals surface area contributed by atoms with Crippen molar-refractivity contribution in [3.63, 3.8) is 0 Å². The van der Waals surface area contributed by atoms with E-state index in [0.717, 1.165) is 5.16 Å². The third kappa shape index (κ3) is 2.22. The normalized spacial score (nSPS) is 19.1. The Bertz CT molecular complexity index is 483. The standard InChI is InChI=1S/C11H14N4O2S/c16-9(15-6-3-12-10(15)17)7-18-11-13-4-5-14(11)8-1-2-8/h4-5,8H,1-3,6-7H2,(H,12,17). The molecule has 3 rings (SSSR count). The Kier molecular flexibility index (Phi) is 2.99. The summed E-state index contributed by atoms with van der Waals surface area (Å²) < 4.78 is 2.11. The van der Waals surface area contributed by atoms with E-state index in [2.05, 4.69) is 14.9 Å². The van der Waals surface area contributed by atoms with Crippen LogP contribution in [-0.2, 0) is 4.79 Å². The molecule has 0 bridgehead atoms. The number of urea groups is 1. The fourth-order valence-electron chi connectivity index (χ4n) is 1.96. The summed E-state index contributed by atoms with van der Waals surface area (Å²) in [6, 6.07) is 0.270. The van der Waals surface area contributed by atoms with Crippen molar-refractivity contribution in [2.75, 3.05) is 18.8 Å². The predicted octanol–water partition coefficient (Wildman–Crippen LogP) is 0.862. The Labute approximate surface area is 109 Å². The van der Waals surface area contributed by atoms with Gasteiger partial charge in [-0.15, -0.1) is 0 Å². The van der Waals surface area contributed by atoms with Crippen LogP contribution >= 0.6 is 11.8 Å². The van der Waals surface area contributed by atoms with Crippen LogP contribution in [0.4, 0.5) is 4.79 Å². The van der Waals surface area contributed by atoms with Crippen LogP contribution in [0.2, 0.25) is 0 Å². The van der Waals surface area contributed by atoms with Gasteiger partial charge in [0.05, 0.1) is 5.75 Å². The molecular weight excluding hydrogens is 252 g/mol. The van der Waals surface area contributed by atoms with Crippen LogP contribution in [0.1, 0.15) is 18.9 Å². The fraction of sp³-hybridized carbons (Fsp3) is 0.545. The lowest BCUT2D eigenvalue weighted by Gasteiger charge is -2.11. The number of amides is 3. The van der Waals surface area contributed by atoms with Crippen LogP contribution in [-0.4, -0.2) is 45.2 Å². The average Bonchev–Trinajstić information content (AvgIpc) is 2.94. The van der Waals surface area contributed by atoms with Crippen LogP contribution in [0.25, 0.3) is 0 Å². The molecule has 1 aromatic heterocycles. The van der Waals surface area contributed by atoms with E-state index in [-0.39, 0.29) is 17.7 Å². The number of hydrogen-bond acceptors (Lipinski definition) is 4. The minimum absolute atomic E-state index is 0.152. The van der Waals surface area contributed by atoms with Crippen molar-refractivity contribution in [3.05, 3.63) is 12.4 Å². The highest BCUT2D eigenvalue weighted by Gasteiger charge is 2.28. The molecule has 2 aliphatic rings. The molecule has 1 aliphatic heterocycles. The quantitative estimate of drug-likeness (QED) is 0.821. The summed E-state index contributed by atoms with van der Waals surface area (Å²) in [7, 11) is 0. The van der Waals surface area contributed by atoms with Crippen molar-refractivity contribution in [2.24, 2.45) is 0 Å². The molecule has 0 atom stereocenters. The first-order chi connectivity index (χ1) is 8.75. The number of rotatable bonds is 4. The van der Waals surface area contributed by atoms with Crippen LogP contribution < -0.4 is 5.32 Å². The number of carbonyl (C=O) groups excluding carboxylic acids is 2. The second kappa shape index (κ2) is 4.64.